The van der Waals surface area contributed by atoms with Crippen LogP contribution in [0.1, 0.15) is 23.5 Å². The highest BCUT2D eigenvalue weighted by atomic mass is 35.5. The van der Waals surface area contributed by atoms with E-state index in [4.69, 9.17) is 16.0 Å². The molecule has 1 amide bonds. The van der Waals surface area contributed by atoms with Gasteiger partial charge >= 0.3 is 11.8 Å². The fraction of sp³-hybridized carbons (Fsp3) is 0.235. The molecule has 29 heavy (non-hydrogen) atoms. The summed E-state index contributed by atoms with van der Waals surface area (Å²) in [6.45, 7) is 1.29. The molecule has 3 aromatic rings. The zero-order valence-corrected chi connectivity index (χ0v) is 17.2. The molecule has 1 N–H and O–H groups in total. The van der Waals surface area contributed by atoms with Gasteiger partial charge in [0.25, 0.3) is 10.0 Å². The van der Waals surface area contributed by atoms with Gasteiger partial charge in [0.1, 0.15) is 10.0 Å². The van der Waals surface area contributed by atoms with E-state index < -0.39 is 15.8 Å². The van der Waals surface area contributed by atoms with E-state index in [1.54, 1.807) is 4.90 Å². The molecule has 0 bridgehead atoms. The second-order valence-electron chi connectivity index (χ2n) is 6.30. The molecule has 3 heterocycles. The van der Waals surface area contributed by atoms with E-state index in [9.17, 15) is 17.6 Å². The van der Waals surface area contributed by atoms with Gasteiger partial charge in [-0.15, -0.1) is 21.5 Å². The third kappa shape index (κ3) is 4.11. The molecular formula is C17H14ClFN4O4S2. The second kappa shape index (κ2) is 7.73. The van der Waals surface area contributed by atoms with Gasteiger partial charge in [-0.2, -0.15) is 0 Å². The van der Waals surface area contributed by atoms with Crippen molar-refractivity contribution in [1.29, 1.82) is 0 Å². The summed E-state index contributed by atoms with van der Waals surface area (Å²) < 4.78 is 46.5. The van der Waals surface area contributed by atoms with Crippen molar-refractivity contribution in [2.24, 2.45) is 0 Å². The summed E-state index contributed by atoms with van der Waals surface area (Å²) in [5, 5.41) is 9.26. The van der Waals surface area contributed by atoms with Gasteiger partial charge in [0.2, 0.25) is 5.89 Å². The van der Waals surface area contributed by atoms with Crippen molar-refractivity contribution in [3.05, 3.63) is 46.4 Å². The number of likely N-dealkylation sites (tertiary alicyclic amines) is 1. The van der Waals surface area contributed by atoms with Gasteiger partial charge in [-0.05, 0) is 37.1 Å². The van der Waals surface area contributed by atoms with Crippen molar-refractivity contribution in [3.8, 4) is 11.5 Å². The third-order valence-electron chi connectivity index (χ3n) is 4.26. The van der Waals surface area contributed by atoms with E-state index >= 15 is 0 Å². The molecule has 0 saturated carbocycles. The maximum Gasteiger partial charge on any atom is 0.311 e. The van der Waals surface area contributed by atoms with Crippen molar-refractivity contribution in [3.63, 3.8) is 0 Å². The SMILES string of the molecule is O=C(c1nnc(-c2csc(S(=O)(=O)Nc3ccc(Cl)cc3F)c2)o1)N1CCCC1. The Morgan fingerprint density at radius 3 is 2.72 bits per heavy atom. The highest BCUT2D eigenvalue weighted by Gasteiger charge is 2.26. The zero-order chi connectivity index (χ0) is 20.6. The number of carbonyl (C=O) groups is 1. The smallest absolute Gasteiger partial charge is 0.311 e. The molecule has 1 saturated heterocycles. The van der Waals surface area contributed by atoms with Crippen LogP contribution in [0, 0.1) is 5.82 Å². The lowest BCUT2D eigenvalue weighted by atomic mass is 10.3. The predicted molar refractivity (Wildman–Crippen MR) is 105 cm³/mol. The van der Waals surface area contributed by atoms with Crippen LogP contribution < -0.4 is 4.72 Å². The average Bonchev–Trinajstić information content (AvgIpc) is 3.44. The van der Waals surface area contributed by atoms with E-state index in [2.05, 4.69) is 14.9 Å². The first-order chi connectivity index (χ1) is 13.8. The standard InChI is InChI=1S/C17H14ClFN4O4S2/c18-11-3-4-13(12(19)8-11)22-29(25,26)14-7-10(9-28-14)15-20-21-16(27-15)17(24)23-5-1-2-6-23/h3-4,7-9,22H,1-2,5-6H2. The van der Waals surface area contributed by atoms with E-state index in [1.165, 1.54) is 23.6 Å². The van der Waals surface area contributed by atoms with Crippen molar-refractivity contribution in [2.75, 3.05) is 17.8 Å². The molecule has 1 aliphatic heterocycles. The Bertz CT molecular complexity index is 1170. The zero-order valence-electron chi connectivity index (χ0n) is 14.8. The Kier molecular flexibility index (Phi) is 5.28. The Morgan fingerprint density at radius 2 is 2.00 bits per heavy atom. The molecular weight excluding hydrogens is 443 g/mol. The molecule has 0 radical (unpaired) electrons. The number of amides is 1. The second-order valence-corrected chi connectivity index (χ2v) is 9.55. The molecule has 1 aliphatic rings. The highest BCUT2D eigenvalue weighted by molar-refractivity contribution is 7.94. The molecule has 2 aromatic heterocycles. The Balaban J connectivity index is 1.54. The fourth-order valence-electron chi connectivity index (χ4n) is 2.82. The molecule has 8 nitrogen and oxygen atoms in total. The number of benzene rings is 1. The minimum absolute atomic E-state index is 0.0305. The first-order valence-corrected chi connectivity index (χ1v) is 11.3. The maximum absolute atomic E-state index is 13.9. The number of carbonyl (C=O) groups excluding carboxylic acids is 1. The van der Waals surface area contributed by atoms with Crippen LogP contribution in [0.3, 0.4) is 0 Å². The van der Waals surface area contributed by atoms with Crippen LogP contribution in [0.2, 0.25) is 5.02 Å². The predicted octanol–water partition coefficient (Wildman–Crippen LogP) is 3.63. The molecule has 1 aromatic carbocycles. The Hall–Kier alpha value is -2.50. The summed E-state index contributed by atoms with van der Waals surface area (Å²) >= 11 is 6.58. The fourth-order valence-corrected chi connectivity index (χ4v) is 5.20. The van der Waals surface area contributed by atoms with Crippen molar-refractivity contribution >= 4 is 44.6 Å². The van der Waals surface area contributed by atoms with Gasteiger partial charge in [-0.25, -0.2) is 12.8 Å². The van der Waals surface area contributed by atoms with Crippen LogP contribution in [-0.2, 0) is 10.0 Å². The lowest BCUT2D eigenvalue weighted by Crippen LogP contribution is -2.27. The largest absolute Gasteiger partial charge is 0.412 e. The Morgan fingerprint density at radius 1 is 1.24 bits per heavy atom. The number of thiophene rings is 1. The van der Waals surface area contributed by atoms with Gasteiger partial charge < -0.3 is 9.32 Å². The van der Waals surface area contributed by atoms with Gasteiger partial charge in [-0.1, -0.05) is 11.6 Å². The minimum atomic E-state index is -4.04. The van der Waals surface area contributed by atoms with Crippen molar-refractivity contribution < 1.29 is 22.0 Å². The molecule has 12 heteroatoms. The molecule has 0 aliphatic carbocycles. The lowest BCUT2D eigenvalue weighted by Gasteiger charge is -2.11. The number of hydrogen-bond donors (Lipinski definition) is 1. The number of nitrogens with zero attached hydrogens (tertiary/aromatic N) is 3. The number of sulfonamides is 1. The topological polar surface area (TPSA) is 105 Å². The molecule has 152 valence electrons. The molecule has 0 spiro atoms. The highest BCUT2D eigenvalue weighted by Crippen LogP contribution is 2.30. The third-order valence-corrected chi connectivity index (χ3v) is 7.30. The van der Waals surface area contributed by atoms with Gasteiger partial charge in [0.05, 0.1) is 11.3 Å². The summed E-state index contributed by atoms with van der Waals surface area (Å²) in [6, 6.07) is 4.94. The molecule has 0 unspecified atom stereocenters. The number of hydrogen-bond acceptors (Lipinski definition) is 7. The maximum atomic E-state index is 13.9. The summed E-state index contributed by atoms with van der Waals surface area (Å²) in [5.41, 5.74) is 0.126. The van der Waals surface area contributed by atoms with E-state index in [0.717, 1.165) is 30.2 Å². The van der Waals surface area contributed by atoms with E-state index in [1.807, 2.05) is 0 Å². The quantitative estimate of drug-likeness (QED) is 0.628. The van der Waals surface area contributed by atoms with Gasteiger partial charge in [-0.3, -0.25) is 9.52 Å². The van der Waals surface area contributed by atoms with Crippen LogP contribution in [0.4, 0.5) is 10.1 Å². The Labute approximate surface area is 174 Å². The minimum Gasteiger partial charge on any atom is -0.412 e. The molecule has 0 atom stereocenters. The number of rotatable bonds is 5. The number of halogens is 2. The van der Waals surface area contributed by atoms with E-state index in [-0.39, 0.29) is 32.6 Å². The number of anilines is 1. The summed E-state index contributed by atoms with van der Waals surface area (Å²) in [5.74, 6) is -1.24. The van der Waals surface area contributed by atoms with Crippen LogP contribution in [0.25, 0.3) is 11.5 Å². The van der Waals surface area contributed by atoms with Crippen LogP contribution in [-0.4, -0.2) is 42.5 Å². The average molecular weight is 457 g/mol. The van der Waals surface area contributed by atoms with Crippen molar-refractivity contribution in [2.45, 2.75) is 17.1 Å². The van der Waals surface area contributed by atoms with Gasteiger partial charge in [0.15, 0.2) is 0 Å². The number of aromatic nitrogens is 2. The normalized spacial score (nSPS) is 14.3. The first kappa shape index (κ1) is 19.8. The van der Waals surface area contributed by atoms with Crippen molar-refractivity contribution in [1.82, 2.24) is 15.1 Å². The molecule has 4 rings (SSSR count). The summed E-state index contributed by atoms with van der Waals surface area (Å²) in [4.78, 5) is 13.9. The summed E-state index contributed by atoms with van der Waals surface area (Å²) in [6.07, 6.45) is 1.86. The van der Waals surface area contributed by atoms with E-state index in [0.29, 0.717) is 18.7 Å². The summed E-state index contributed by atoms with van der Waals surface area (Å²) in [7, 11) is -4.04. The number of nitrogens with one attached hydrogen (secondary N) is 1. The van der Waals surface area contributed by atoms with Crippen LogP contribution >= 0.6 is 22.9 Å². The molecule has 1 fully saturated rings. The van der Waals surface area contributed by atoms with Gasteiger partial charge in [0, 0.05) is 23.5 Å². The lowest BCUT2D eigenvalue weighted by molar-refractivity contribution is 0.0754. The first-order valence-electron chi connectivity index (χ1n) is 8.53. The van der Waals surface area contributed by atoms with Crippen LogP contribution in [0.15, 0.2) is 38.3 Å². The van der Waals surface area contributed by atoms with Crippen LogP contribution in [0.5, 0.6) is 0 Å². The monoisotopic (exact) mass is 456 g/mol.